The van der Waals surface area contributed by atoms with Gasteiger partial charge in [0.25, 0.3) is 0 Å². The van der Waals surface area contributed by atoms with Crippen LogP contribution in [0.4, 0.5) is 0 Å². The summed E-state index contributed by atoms with van der Waals surface area (Å²) in [7, 11) is 0. The molecule has 1 aromatic rings. The quantitative estimate of drug-likeness (QED) is 0.438. The van der Waals surface area contributed by atoms with Crippen LogP contribution in [-0.4, -0.2) is 22.2 Å². The second kappa shape index (κ2) is 7.49. The molecule has 0 radical (unpaired) electrons. The van der Waals surface area contributed by atoms with Gasteiger partial charge in [0.15, 0.2) is 11.5 Å². The smallest absolute Gasteiger partial charge is 0.309 e. The number of fused-ring (bicyclic) bond motifs is 7. The first-order valence-corrected chi connectivity index (χ1v) is 13.3. The number of hydrogen-bond donors (Lipinski definition) is 2. The fraction of sp³-hybridized carbons (Fsp3) is 0.613. The van der Waals surface area contributed by atoms with Crippen molar-refractivity contribution in [1.82, 2.24) is 0 Å². The number of rotatable bonds is 2. The molecule has 6 atom stereocenters. The molecule has 0 heterocycles. The van der Waals surface area contributed by atoms with E-state index in [-0.39, 0.29) is 33.2 Å². The summed E-state index contributed by atoms with van der Waals surface area (Å²) in [4.78, 5) is 23.9. The average Bonchev–Trinajstić information content (AvgIpc) is 2.80. The predicted molar refractivity (Wildman–Crippen MR) is 140 cm³/mol. The fourth-order valence-electron chi connectivity index (χ4n) is 8.81. The molecule has 4 aliphatic rings. The molecule has 5 nitrogen and oxygen atoms in total. The van der Waals surface area contributed by atoms with E-state index < -0.39 is 17.4 Å². The highest BCUT2D eigenvalue weighted by Crippen LogP contribution is 2.74. The van der Waals surface area contributed by atoms with Gasteiger partial charge < -0.3 is 14.9 Å². The van der Waals surface area contributed by atoms with E-state index in [1.807, 2.05) is 6.92 Å². The molecule has 3 fully saturated rings. The Morgan fingerprint density at radius 3 is 2.31 bits per heavy atom. The summed E-state index contributed by atoms with van der Waals surface area (Å²) >= 11 is 0. The number of phenols is 1. The van der Waals surface area contributed by atoms with E-state index in [1.54, 1.807) is 6.07 Å². The van der Waals surface area contributed by atoms with Crippen LogP contribution >= 0.6 is 0 Å². The molecule has 0 aromatic heterocycles. The number of ether oxygens (including phenoxy) is 1. The van der Waals surface area contributed by atoms with Crippen molar-refractivity contribution in [2.24, 2.45) is 27.6 Å². The van der Waals surface area contributed by atoms with Crippen molar-refractivity contribution in [3.8, 4) is 11.5 Å². The van der Waals surface area contributed by atoms with Gasteiger partial charge in [-0.2, -0.15) is 0 Å². The number of carbonyl (C=O) groups excluding carboxylic acids is 1. The highest BCUT2D eigenvalue weighted by Gasteiger charge is 2.66. The number of benzene rings is 1. The standard InChI is InChI=1S/C31H40O5/c1-18-20-8-9-23-29(5,21(20)16-22(33)25(18)36-19(2)32)13-15-31(7)24-17-28(4,26(34)35)11-10-27(24,3)12-14-30(23,31)6/h8-9,16,24,33H,1,10-15,17H2,2-7H3,(H,34,35). The van der Waals surface area contributed by atoms with Crippen molar-refractivity contribution in [2.75, 3.05) is 0 Å². The normalized spacial score (nSPS) is 40.9. The highest BCUT2D eigenvalue weighted by molar-refractivity contribution is 5.74. The van der Waals surface area contributed by atoms with Crippen LogP contribution in [0.25, 0.3) is 12.7 Å². The van der Waals surface area contributed by atoms with Gasteiger partial charge in [-0.05, 0) is 90.9 Å². The van der Waals surface area contributed by atoms with Gasteiger partial charge in [-0.25, -0.2) is 0 Å². The van der Waals surface area contributed by atoms with Crippen LogP contribution < -0.4 is 15.2 Å². The average molecular weight is 493 g/mol. The Labute approximate surface area is 213 Å². The Hall–Kier alpha value is -2.56. The summed E-state index contributed by atoms with van der Waals surface area (Å²) in [5, 5.41) is 22.4. The third kappa shape index (κ3) is 3.07. The Bertz CT molecular complexity index is 1330. The molecule has 36 heavy (non-hydrogen) atoms. The van der Waals surface area contributed by atoms with Crippen LogP contribution in [0, 0.1) is 27.6 Å². The fourth-order valence-corrected chi connectivity index (χ4v) is 8.81. The van der Waals surface area contributed by atoms with E-state index in [0.29, 0.717) is 11.1 Å². The van der Waals surface area contributed by atoms with Crippen molar-refractivity contribution in [1.29, 1.82) is 0 Å². The Morgan fingerprint density at radius 1 is 1.00 bits per heavy atom. The maximum absolute atomic E-state index is 12.3. The number of carbonyl (C=O) groups is 2. The van der Waals surface area contributed by atoms with Gasteiger partial charge in [0.05, 0.1) is 5.41 Å². The van der Waals surface area contributed by atoms with Gasteiger partial charge in [0, 0.05) is 17.6 Å². The SMILES string of the molecule is C=c1c(OC(C)=O)c(O)cc2c1=CC=C1C2(C)CCC2(C)C3CC(C)(C(=O)O)CCC3(C)CCC12C. The lowest BCUT2D eigenvalue weighted by Gasteiger charge is -2.69. The van der Waals surface area contributed by atoms with E-state index in [2.05, 4.69) is 46.4 Å². The maximum atomic E-state index is 12.3. The van der Waals surface area contributed by atoms with Crippen LogP contribution in [0.2, 0.25) is 0 Å². The van der Waals surface area contributed by atoms with E-state index >= 15 is 0 Å². The monoisotopic (exact) mass is 492 g/mol. The maximum Gasteiger partial charge on any atom is 0.309 e. The number of phenolic OH excluding ortho intramolecular Hbond substituents is 1. The number of esters is 1. The van der Waals surface area contributed by atoms with Gasteiger partial charge in [0.1, 0.15) is 0 Å². The summed E-state index contributed by atoms with van der Waals surface area (Å²) in [6.07, 6.45) is 10.8. The van der Waals surface area contributed by atoms with Crippen molar-refractivity contribution < 1.29 is 24.5 Å². The molecule has 6 unspecified atom stereocenters. The molecule has 5 rings (SSSR count). The summed E-state index contributed by atoms with van der Waals surface area (Å²) < 4.78 is 5.30. The van der Waals surface area contributed by atoms with Gasteiger partial charge >= 0.3 is 11.9 Å². The Morgan fingerprint density at radius 2 is 1.67 bits per heavy atom. The molecule has 0 saturated heterocycles. The minimum atomic E-state index is -0.673. The number of aromatic hydroxyl groups is 1. The van der Waals surface area contributed by atoms with Crippen molar-refractivity contribution in [2.45, 2.75) is 91.9 Å². The number of allylic oxidation sites excluding steroid dienone is 2. The molecule has 0 aliphatic heterocycles. The van der Waals surface area contributed by atoms with Gasteiger partial charge in [0.2, 0.25) is 0 Å². The molecular weight excluding hydrogens is 452 g/mol. The molecule has 0 bridgehead atoms. The molecule has 3 saturated carbocycles. The van der Waals surface area contributed by atoms with Crippen molar-refractivity contribution >= 4 is 24.6 Å². The van der Waals surface area contributed by atoms with Crippen LogP contribution in [-0.2, 0) is 15.0 Å². The van der Waals surface area contributed by atoms with Crippen LogP contribution in [0.1, 0.15) is 92.1 Å². The summed E-state index contributed by atoms with van der Waals surface area (Å²) in [6, 6.07) is 1.77. The minimum Gasteiger partial charge on any atom is -0.504 e. The number of hydrogen-bond acceptors (Lipinski definition) is 4. The van der Waals surface area contributed by atoms with Crippen LogP contribution in [0.3, 0.4) is 0 Å². The topological polar surface area (TPSA) is 83.8 Å². The second-order valence-electron chi connectivity index (χ2n) is 13.4. The van der Waals surface area contributed by atoms with Crippen molar-refractivity contribution in [3.63, 3.8) is 0 Å². The van der Waals surface area contributed by atoms with Gasteiger partial charge in [-0.15, -0.1) is 0 Å². The van der Waals surface area contributed by atoms with Gasteiger partial charge in [-0.1, -0.05) is 52.0 Å². The highest BCUT2D eigenvalue weighted by atomic mass is 16.5. The number of carboxylic acids is 1. The van der Waals surface area contributed by atoms with E-state index in [1.165, 1.54) is 12.5 Å². The lowest BCUT2D eigenvalue weighted by atomic mass is 9.35. The molecule has 0 amide bonds. The first kappa shape index (κ1) is 25.1. The first-order valence-electron chi connectivity index (χ1n) is 13.3. The van der Waals surface area contributed by atoms with E-state index in [0.717, 1.165) is 55.7 Å². The first-order chi connectivity index (χ1) is 16.6. The molecular formula is C31H40O5. The second-order valence-corrected chi connectivity index (χ2v) is 13.4. The van der Waals surface area contributed by atoms with E-state index in [9.17, 15) is 19.8 Å². The van der Waals surface area contributed by atoms with Crippen molar-refractivity contribution in [3.05, 3.63) is 33.7 Å². The number of aliphatic carboxylic acids is 1. The Kier molecular flexibility index (Phi) is 5.22. The summed E-state index contributed by atoms with van der Waals surface area (Å²) in [6.45, 7) is 16.9. The van der Waals surface area contributed by atoms with Crippen LogP contribution in [0.5, 0.6) is 11.5 Å². The third-order valence-corrected chi connectivity index (χ3v) is 11.5. The molecule has 4 aliphatic carbocycles. The molecule has 5 heteroatoms. The zero-order valence-corrected chi connectivity index (χ0v) is 22.6. The predicted octanol–water partition coefficient (Wildman–Crippen LogP) is 5.20. The lowest BCUT2D eigenvalue weighted by Crippen LogP contribution is -2.63. The Balaban J connectivity index is 1.66. The zero-order valence-electron chi connectivity index (χ0n) is 22.6. The lowest BCUT2D eigenvalue weighted by molar-refractivity contribution is -0.177. The minimum absolute atomic E-state index is 0.0269. The summed E-state index contributed by atoms with van der Waals surface area (Å²) in [5.41, 5.74) is 1.49. The van der Waals surface area contributed by atoms with Gasteiger partial charge in [-0.3, -0.25) is 9.59 Å². The zero-order chi connectivity index (χ0) is 26.5. The van der Waals surface area contributed by atoms with Crippen LogP contribution in [0.15, 0.2) is 17.7 Å². The third-order valence-electron chi connectivity index (χ3n) is 11.5. The number of carboxylic acid groups (broad SMARTS) is 1. The molecule has 2 N–H and O–H groups in total. The molecule has 1 aromatic carbocycles. The molecule has 194 valence electrons. The molecule has 0 spiro atoms. The largest absolute Gasteiger partial charge is 0.504 e. The van der Waals surface area contributed by atoms with E-state index in [4.69, 9.17) is 4.74 Å². The summed E-state index contributed by atoms with van der Waals surface area (Å²) in [5.74, 6) is -0.742.